The highest BCUT2D eigenvalue weighted by Gasteiger charge is 2.18. The first kappa shape index (κ1) is 17.7. The van der Waals surface area contributed by atoms with Crippen LogP contribution in [0.4, 0.5) is 4.79 Å². The molecule has 2 amide bonds. The molecule has 0 saturated carbocycles. The smallest absolute Gasteiger partial charge is 0.420 e. The van der Waals surface area contributed by atoms with Gasteiger partial charge in [0.25, 0.3) is 5.88 Å². The summed E-state index contributed by atoms with van der Waals surface area (Å²) in [6.45, 7) is 5.92. The summed E-state index contributed by atoms with van der Waals surface area (Å²) >= 11 is 0. The molecule has 0 radical (unpaired) electrons. The van der Waals surface area contributed by atoms with Crippen molar-refractivity contribution >= 4 is 12.0 Å². The van der Waals surface area contributed by atoms with Gasteiger partial charge in [-0.15, -0.1) is 0 Å². The first-order valence-corrected chi connectivity index (χ1v) is 6.90. The second-order valence-electron chi connectivity index (χ2n) is 5.16. The minimum Gasteiger partial charge on any atom is -0.501 e. The first-order chi connectivity index (χ1) is 10.3. The molecule has 0 bridgehead atoms. The highest BCUT2D eigenvalue weighted by atomic mass is 16.6. The Morgan fingerprint density at radius 3 is 2.68 bits per heavy atom. The van der Waals surface area contributed by atoms with Crippen molar-refractivity contribution < 1.29 is 24.2 Å². The third kappa shape index (κ3) is 5.57. The molecule has 1 aromatic rings. The molecule has 0 spiro atoms. The Bertz CT molecular complexity index is 531. The van der Waals surface area contributed by atoms with E-state index < -0.39 is 23.8 Å². The van der Waals surface area contributed by atoms with Crippen LogP contribution in [0, 0.1) is 5.92 Å². The SMILES string of the molecule is CC(C)CCOc1ccnc(OC(=O)NC(=O)[C@H](C)N)c1O. The third-order valence-electron chi connectivity index (χ3n) is 2.63. The fraction of sp³-hybridized carbons (Fsp3) is 0.500. The molecule has 1 atom stereocenters. The van der Waals surface area contributed by atoms with E-state index in [0.29, 0.717) is 12.5 Å². The number of hydrogen-bond donors (Lipinski definition) is 3. The van der Waals surface area contributed by atoms with Gasteiger partial charge in [-0.05, 0) is 19.3 Å². The number of nitrogens with zero attached hydrogens (tertiary/aromatic N) is 1. The number of carbonyl (C=O) groups excluding carboxylic acids is 2. The molecule has 22 heavy (non-hydrogen) atoms. The molecule has 0 saturated heterocycles. The standard InChI is InChI=1S/C14H21N3O5/c1-8(2)5-7-21-10-4-6-16-13(11(10)18)22-14(20)17-12(19)9(3)15/h4,6,8-9,18H,5,7,15H2,1-3H3,(H,17,19,20)/t9-/m0/s1. The molecule has 0 unspecified atom stereocenters. The zero-order chi connectivity index (χ0) is 16.7. The molecule has 0 aliphatic carbocycles. The quantitative estimate of drug-likeness (QED) is 0.720. The molecule has 1 aromatic heterocycles. The maximum atomic E-state index is 11.5. The second-order valence-corrected chi connectivity index (χ2v) is 5.16. The van der Waals surface area contributed by atoms with Gasteiger partial charge in [-0.25, -0.2) is 9.78 Å². The first-order valence-electron chi connectivity index (χ1n) is 6.90. The van der Waals surface area contributed by atoms with E-state index in [-0.39, 0.29) is 11.6 Å². The molecule has 122 valence electrons. The van der Waals surface area contributed by atoms with Crippen LogP contribution in [-0.2, 0) is 4.79 Å². The summed E-state index contributed by atoms with van der Waals surface area (Å²) in [6, 6.07) is 0.591. The summed E-state index contributed by atoms with van der Waals surface area (Å²) in [4.78, 5) is 26.5. The summed E-state index contributed by atoms with van der Waals surface area (Å²) in [5.41, 5.74) is 5.31. The number of aromatic hydroxyl groups is 1. The van der Waals surface area contributed by atoms with E-state index >= 15 is 0 Å². The number of ether oxygens (including phenoxy) is 2. The van der Waals surface area contributed by atoms with Gasteiger partial charge in [-0.1, -0.05) is 13.8 Å². The molecule has 0 fully saturated rings. The number of nitrogens with two attached hydrogens (primary N) is 1. The van der Waals surface area contributed by atoms with Crippen LogP contribution in [0.2, 0.25) is 0 Å². The van der Waals surface area contributed by atoms with Gasteiger partial charge in [0.2, 0.25) is 11.7 Å². The van der Waals surface area contributed by atoms with Gasteiger partial charge in [0.15, 0.2) is 5.75 Å². The average molecular weight is 311 g/mol. The molecule has 0 aromatic carbocycles. The molecular formula is C14H21N3O5. The lowest BCUT2D eigenvalue weighted by Gasteiger charge is -2.12. The Hall–Kier alpha value is -2.35. The Balaban J connectivity index is 2.67. The van der Waals surface area contributed by atoms with Gasteiger partial charge in [0.05, 0.1) is 12.6 Å². The largest absolute Gasteiger partial charge is 0.501 e. The van der Waals surface area contributed by atoms with Crippen molar-refractivity contribution in [2.24, 2.45) is 11.7 Å². The van der Waals surface area contributed by atoms with Crippen LogP contribution in [0.5, 0.6) is 17.4 Å². The monoisotopic (exact) mass is 311 g/mol. The second kappa shape index (κ2) is 8.18. The van der Waals surface area contributed by atoms with Crippen molar-refractivity contribution in [2.45, 2.75) is 33.2 Å². The van der Waals surface area contributed by atoms with E-state index in [9.17, 15) is 14.7 Å². The van der Waals surface area contributed by atoms with Crippen LogP contribution >= 0.6 is 0 Å². The van der Waals surface area contributed by atoms with Crippen LogP contribution in [0.15, 0.2) is 12.3 Å². The number of aromatic nitrogens is 1. The van der Waals surface area contributed by atoms with Crippen molar-refractivity contribution in [2.75, 3.05) is 6.61 Å². The van der Waals surface area contributed by atoms with E-state index in [2.05, 4.69) is 4.98 Å². The Morgan fingerprint density at radius 1 is 1.41 bits per heavy atom. The van der Waals surface area contributed by atoms with Crippen LogP contribution in [0.3, 0.4) is 0 Å². The summed E-state index contributed by atoms with van der Waals surface area (Å²) in [5.74, 6) is -0.854. The maximum absolute atomic E-state index is 11.5. The summed E-state index contributed by atoms with van der Waals surface area (Å²) in [7, 11) is 0. The van der Waals surface area contributed by atoms with Crippen LogP contribution in [0.1, 0.15) is 27.2 Å². The van der Waals surface area contributed by atoms with E-state index in [1.54, 1.807) is 0 Å². The number of carbonyl (C=O) groups is 2. The molecule has 0 aliphatic heterocycles. The topological polar surface area (TPSA) is 124 Å². The lowest BCUT2D eigenvalue weighted by atomic mass is 10.1. The third-order valence-corrected chi connectivity index (χ3v) is 2.63. The lowest BCUT2D eigenvalue weighted by Crippen LogP contribution is -2.42. The number of amides is 2. The average Bonchev–Trinajstić information content (AvgIpc) is 2.42. The Morgan fingerprint density at radius 2 is 2.09 bits per heavy atom. The Kier molecular flexibility index (Phi) is 6.58. The molecule has 4 N–H and O–H groups in total. The van der Waals surface area contributed by atoms with Crippen LogP contribution in [-0.4, -0.2) is 34.7 Å². The summed E-state index contributed by atoms with van der Waals surface area (Å²) < 4.78 is 10.2. The van der Waals surface area contributed by atoms with E-state index in [0.717, 1.165) is 6.42 Å². The van der Waals surface area contributed by atoms with Gasteiger partial charge >= 0.3 is 6.09 Å². The fourth-order valence-corrected chi connectivity index (χ4v) is 1.34. The van der Waals surface area contributed by atoms with Crippen molar-refractivity contribution in [3.63, 3.8) is 0 Å². The zero-order valence-electron chi connectivity index (χ0n) is 12.8. The molecule has 0 aliphatic rings. The van der Waals surface area contributed by atoms with E-state index in [1.165, 1.54) is 19.2 Å². The highest BCUT2D eigenvalue weighted by molar-refractivity contribution is 5.95. The summed E-state index contributed by atoms with van der Waals surface area (Å²) in [5, 5.41) is 11.9. The van der Waals surface area contributed by atoms with E-state index in [1.807, 2.05) is 19.2 Å². The van der Waals surface area contributed by atoms with Crippen molar-refractivity contribution in [3.8, 4) is 17.4 Å². The van der Waals surface area contributed by atoms with Gasteiger partial charge in [0, 0.05) is 12.3 Å². The van der Waals surface area contributed by atoms with E-state index in [4.69, 9.17) is 15.2 Å². The predicted octanol–water partition coefficient (Wildman–Crippen LogP) is 1.17. The van der Waals surface area contributed by atoms with Gasteiger partial charge in [-0.2, -0.15) is 0 Å². The molecule has 1 heterocycles. The molecule has 8 heteroatoms. The number of imide groups is 1. The maximum Gasteiger partial charge on any atom is 0.420 e. The number of rotatable bonds is 6. The minimum atomic E-state index is -1.08. The number of pyridine rings is 1. The van der Waals surface area contributed by atoms with Crippen LogP contribution < -0.4 is 20.5 Å². The molecule has 8 nitrogen and oxygen atoms in total. The van der Waals surface area contributed by atoms with Crippen molar-refractivity contribution in [3.05, 3.63) is 12.3 Å². The normalized spacial score (nSPS) is 11.9. The van der Waals surface area contributed by atoms with Gasteiger partial charge in [-0.3, -0.25) is 10.1 Å². The minimum absolute atomic E-state index is 0.150. The van der Waals surface area contributed by atoms with Gasteiger partial charge < -0.3 is 20.3 Å². The zero-order valence-corrected chi connectivity index (χ0v) is 12.8. The number of hydrogen-bond acceptors (Lipinski definition) is 7. The molecule has 1 rings (SSSR count). The highest BCUT2D eigenvalue weighted by Crippen LogP contribution is 2.33. The Labute approximate surface area is 128 Å². The summed E-state index contributed by atoms with van der Waals surface area (Å²) in [6.07, 6.45) is 1.05. The lowest BCUT2D eigenvalue weighted by molar-refractivity contribution is -0.121. The predicted molar refractivity (Wildman–Crippen MR) is 78.7 cm³/mol. The molecular weight excluding hydrogens is 290 g/mol. The van der Waals surface area contributed by atoms with Crippen LogP contribution in [0.25, 0.3) is 0 Å². The van der Waals surface area contributed by atoms with Gasteiger partial charge in [0.1, 0.15) is 0 Å². The van der Waals surface area contributed by atoms with Crippen molar-refractivity contribution in [1.82, 2.24) is 10.3 Å². The van der Waals surface area contributed by atoms with Crippen molar-refractivity contribution in [1.29, 1.82) is 0 Å². The number of nitrogens with one attached hydrogen (secondary N) is 1. The fourth-order valence-electron chi connectivity index (χ4n) is 1.34.